The Morgan fingerprint density at radius 2 is 1.90 bits per heavy atom. The largest absolute Gasteiger partial charge is 0.459 e. The molecule has 20 heavy (non-hydrogen) atoms. The minimum absolute atomic E-state index is 0. The molecule has 0 radical (unpaired) electrons. The molecule has 6 heteroatoms. The average molecular weight is 349 g/mol. The molecule has 1 amide bonds. The van der Waals surface area contributed by atoms with Crippen molar-refractivity contribution in [1.29, 1.82) is 0 Å². The van der Waals surface area contributed by atoms with Crippen LogP contribution in [0.25, 0.3) is 0 Å². The zero-order valence-corrected chi connectivity index (χ0v) is 13.9. The normalized spacial score (nSPS) is 24.9. The molecule has 116 valence electrons. The monoisotopic (exact) mass is 348 g/mol. The van der Waals surface area contributed by atoms with Crippen molar-refractivity contribution >= 4 is 28.9 Å². The molecule has 1 atom stereocenters. The molecule has 2 aliphatic heterocycles. The summed E-state index contributed by atoms with van der Waals surface area (Å²) in [5, 5.41) is 0. The Morgan fingerprint density at radius 1 is 1.20 bits per heavy atom. The van der Waals surface area contributed by atoms with Crippen LogP contribution in [0, 0.1) is 0 Å². The van der Waals surface area contributed by atoms with Crippen LogP contribution in [-0.2, 0) is 14.3 Å². The zero-order chi connectivity index (χ0) is 13.7. The summed E-state index contributed by atoms with van der Waals surface area (Å²) in [6.07, 6.45) is 4.38. The van der Waals surface area contributed by atoms with Crippen molar-refractivity contribution in [2.24, 2.45) is 0 Å². The summed E-state index contributed by atoms with van der Waals surface area (Å²) in [4.78, 5) is 27.6. The number of carbonyl (C=O) groups excluding carboxylic acids is 2. The van der Waals surface area contributed by atoms with E-state index in [-0.39, 0.29) is 41.4 Å². The van der Waals surface area contributed by atoms with Crippen molar-refractivity contribution in [1.82, 2.24) is 9.80 Å². The van der Waals surface area contributed by atoms with Gasteiger partial charge in [0.15, 0.2) is 0 Å². The fourth-order valence-electron chi connectivity index (χ4n) is 2.86. The Kier molecular flexibility index (Phi) is 7.51. The number of likely N-dealkylation sites (tertiary alicyclic amines) is 1. The van der Waals surface area contributed by atoms with Gasteiger partial charge in [0.1, 0.15) is 12.5 Å². The van der Waals surface area contributed by atoms with Gasteiger partial charge in [0.05, 0.1) is 6.54 Å². The van der Waals surface area contributed by atoms with Crippen molar-refractivity contribution in [3.8, 4) is 0 Å². The summed E-state index contributed by atoms with van der Waals surface area (Å²) in [5.41, 5.74) is 0. The van der Waals surface area contributed by atoms with Crippen molar-refractivity contribution < 1.29 is 14.3 Å². The number of carbonyl (C=O) groups is 2. The maximum absolute atomic E-state index is 11.9. The maximum atomic E-state index is 11.9. The second-order valence-electron chi connectivity index (χ2n) is 5.49. The molecular weight excluding hydrogens is 324 g/mol. The van der Waals surface area contributed by atoms with E-state index in [1.807, 2.05) is 6.92 Å². The van der Waals surface area contributed by atoms with Crippen molar-refractivity contribution in [3.05, 3.63) is 0 Å². The minimum Gasteiger partial charge on any atom is -0.459 e. The summed E-state index contributed by atoms with van der Waals surface area (Å²) < 4.78 is 5.42. The van der Waals surface area contributed by atoms with E-state index in [2.05, 4.69) is 4.90 Å². The lowest BCUT2D eigenvalue weighted by atomic mass is 10.1. The highest BCUT2D eigenvalue weighted by Gasteiger charge is 2.29. The van der Waals surface area contributed by atoms with E-state index < -0.39 is 0 Å². The SMILES string of the molecule is Br.CCCN1CC(CN2CCCCC2)OC(=O)CC1=O. The van der Waals surface area contributed by atoms with Crippen molar-refractivity contribution in [2.75, 3.05) is 32.7 Å². The lowest BCUT2D eigenvalue weighted by Gasteiger charge is -2.31. The Morgan fingerprint density at radius 3 is 2.55 bits per heavy atom. The van der Waals surface area contributed by atoms with Gasteiger partial charge in [-0.2, -0.15) is 0 Å². The van der Waals surface area contributed by atoms with E-state index in [4.69, 9.17) is 4.74 Å². The van der Waals surface area contributed by atoms with Gasteiger partial charge in [0, 0.05) is 13.1 Å². The van der Waals surface area contributed by atoms with Gasteiger partial charge in [-0.1, -0.05) is 13.3 Å². The van der Waals surface area contributed by atoms with Crippen LogP contribution in [0.2, 0.25) is 0 Å². The number of cyclic esters (lactones) is 1. The first-order chi connectivity index (χ1) is 9.19. The van der Waals surface area contributed by atoms with Crippen LogP contribution in [0.4, 0.5) is 0 Å². The molecule has 0 saturated carbocycles. The predicted molar refractivity (Wildman–Crippen MR) is 82.0 cm³/mol. The highest BCUT2D eigenvalue weighted by Crippen LogP contribution is 2.14. The second kappa shape index (κ2) is 8.62. The van der Waals surface area contributed by atoms with Crippen LogP contribution in [0.5, 0.6) is 0 Å². The molecule has 0 aliphatic carbocycles. The van der Waals surface area contributed by atoms with Gasteiger partial charge < -0.3 is 9.64 Å². The first-order valence-electron chi connectivity index (χ1n) is 7.38. The van der Waals surface area contributed by atoms with Gasteiger partial charge in [0.25, 0.3) is 0 Å². The fraction of sp³-hybridized carbons (Fsp3) is 0.857. The lowest BCUT2D eigenvalue weighted by Crippen LogP contribution is -2.43. The number of halogens is 1. The third-order valence-electron chi connectivity index (χ3n) is 3.77. The molecule has 2 heterocycles. The smallest absolute Gasteiger partial charge is 0.315 e. The van der Waals surface area contributed by atoms with Crippen LogP contribution in [0.1, 0.15) is 39.0 Å². The summed E-state index contributed by atoms with van der Waals surface area (Å²) in [6.45, 7) is 6.23. The van der Waals surface area contributed by atoms with Gasteiger partial charge in [-0.3, -0.25) is 14.5 Å². The number of nitrogens with zero attached hydrogens (tertiary/aromatic N) is 2. The zero-order valence-electron chi connectivity index (χ0n) is 12.2. The van der Waals surface area contributed by atoms with Gasteiger partial charge in [-0.25, -0.2) is 0 Å². The summed E-state index contributed by atoms with van der Waals surface area (Å²) in [6, 6.07) is 0. The van der Waals surface area contributed by atoms with E-state index in [1.54, 1.807) is 4.90 Å². The van der Waals surface area contributed by atoms with E-state index in [1.165, 1.54) is 19.3 Å². The van der Waals surface area contributed by atoms with Gasteiger partial charge in [0.2, 0.25) is 5.91 Å². The Bertz CT molecular complexity index is 332. The molecule has 0 spiro atoms. The molecule has 0 N–H and O–H groups in total. The first kappa shape index (κ1) is 17.4. The number of rotatable bonds is 4. The number of ether oxygens (including phenoxy) is 1. The molecule has 1 unspecified atom stereocenters. The van der Waals surface area contributed by atoms with E-state index in [9.17, 15) is 9.59 Å². The number of esters is 1. The van der Waals surface area contributed by atoms with Crippen LogP contribution in [0.3, 0.4) is 0 Å². The molecule has 0 bridgehead atoms. The molecule has 2 aliphatic rings. The quantitative estimate of drug-likeness (QED) is 0.572. The molecule has 0 aromatic rings. The molecule has 5 nitrogen and oxygen atoms in total. The molecule has 2 fully saturated rings. The number of hydrogen-bond acceptors (Lipinski definition) is 4. The fourth-order valence-corrected chi connectivity index (χ4v) is 2.86. The topological polar surface area (TPSA) is 49.9 Å². The van der Waals surface area contributed by atoms with E-state index in [0.29, 0.717) is 13.1 Å². The Hall–Kier alpha value is -0.620. The van der Waals surface area contributed by atoms with E-state index >= 15 is 0 Å². The van der Waals surface area contributed by atoms with Crippen LogP contribution < -0.4 is 0 Å². The average Bonchev–Trinajstić information content (AvgIpc) is 2.50. The van der Waals surface area contributed by atoms with E-state index in [0.717, 1.165) is 26.1 Å². The standard InChI is InChI=1S/C14H24N2O3.BrH/c1-2-6-16-11-12(19-14(18)9-13(16)17)10-15-7-4-3-5-8-15;/h12H,2-11H2,1H3;1H. The summed E-state index contributed by atoms with van der Waals surface area (Å²) in [7, 11) is 0. The molecule has 2 rings (SSSR count). The van der Waals surface area contributed by atoms with Gasteiger partial charge in [-0.15, -0.1) is 17.0 Å². The third kappa shape index (κ3) is 5.05. The van der Waals surface area contributed by atoms with Gasteiger partial charge >= 0.3 is 5.97 Å². The highest BCUT2D eigenvalue weighted by molar-refractivity contribution is 8.93. The third-order valence-corrected chi connectivity index (χ3v) is 3.77. The summed E-state index contributed by atoms with van der Waals surface area (Å²) in [5.74, 6) is -0.460. The Balaban J connectivity index is 0.00000200. The lowest BCUT2D eigenvalue weighted by molar-refractivity contribution is -0.149. The maximum Gasteiger partial charge on any atom is 0.315 e. The van der Waals surface area contributed by atoms with Crippen LogP contribution >= 0.6 is 17.0 Å². The Labute approximate surface area is 131 Å². The highest BCUT2D eigenvalue weighted by atomic mass is 79.9. The number of piperidine rings is 1. The summed E-state index contributed by atoms with van der Waals surface area (Å²) >= 11 is 0. The minimum atomic E-state index is -0.370. The predicted octanol–water partition coefficient (Wildman–Crippen LogP) is 1.60. The molecule has 0 aromatic carbocycles. The van der Waals surface area contributed by atoms with Crippen molar-refractivity contribution in [2.45, 2.75) is 45.1 Å². The van der Waals surface area contributed by atoms with Crippen molar-refractivity contribution in [3.63, 3.8) is 0 Å². The van der Waals surface area contributed by atoms with Crippen LogP contribution in [-0.4, -0.2) is 60.5 Å². The second-order valence-corrected chi connectivity index (χ2v) is 5.49. The van der Waals surface area contributed by atoms with Gasteiger partial charge in [-0.05, 0) is 32.4 Å². The molecular formula is C14H25BrN2O3. The molecule has 0 aromatic heterocycles. The number of hydrogen-bond donors (Lipinski definition) is 0. The van der Waals surface area contributed by atoms with Crippen LogP contribution in [0.15, 0.2) is 0 Å². The first-order valence-corrected chi connectivity index (χ1v) is 7.38. The number of amides is 1. The molecule has 2 saturated heterocycles.